The van der Waals surface area contributed by atoms with Gasteiger partial charge in [-0.25, -0.2) is 0 Å². The second kappa shape index (κ2) is 1.96. The Kier molecular flexibility index (Phi) is 1.24. The Bertz CT molecular complexity index is 115. The van der Waals surface area contributed by atoms with Crippen LogP contribution < -0.4 is 5.73 Å². The van der Waals surface area contributed by atoms with Crippen molar-refractivity contribution < 1.29 is 4.74 Å². The molecule has 1 aliphatic carbocycles. The van der Waals surface area contributed by atoms with Gasteiger partial charge in [-0.1, -0.05) is 0 Å². The lowest BCUT2D eigenvalue weighted by atomic mass is 10.1. The Morgan fingerprint density at radius 3 is 2.89 bits per heavy atom. The molecule has 1 saturated heterocycles. The molecule has 0 spiro atoms. The van der Waals surface area contributed by atoms with Crippen molar-refractivity contribution in [1.82, 2.24) is 0 Å². The fourth-order valence-corrected chi connectivity index (χ4v) is 2.01. The zero-order valence-electron chi connectivity index (χ0n) is 5.55. The summed E-state index contributed by atoms with van der Waals surface area (Å²) < 4.78 is 5.46. The molecule has 2 fully saturated rings. The van der Waals surface area contributed by atoms with Crippen molar-refractivity contribution in [2.24, 2.45) is 11.7 Å². The molecule has 0 amide bonds. The molecular weight excluding hydrogens is 114 g/mol. The molecule has 2 nitrogen and oxygen atoms in total. The summed E-state index contributed by atoms with van der Waals surface area (Å²) in [6.07, 6.45) is 4.14. The van der Waals surface area contributed by atoms with Crippen molar-refractivity contribution in [2.75, 3.05) is 6.61 Å². The fraction of sp³-hybridized carbons (Fsp3) is 1.00. The van der Waals surface area contributed by atoms with Crippen molar-refractivity contribution in [3.63, 3.8) is 0 Å². The van der Waals surface area contributed by atoms with E-state index in [1.54, 1.807) is 0 Å². The average molecular weight is 127 g/mol. The van der Waals surface area contributed by atoms with Crippen LogP contribution in [0, 0.1) is 5.92 Å². The highest BCUT2D eigenvalue weighted by Crippen LogP contribution is 2.34. The third kappa shape index (κ3) is 0.775. The van der Waals surface area contributed by atoms with Gasteiger partial charge in [0.2, 0.25) is 0 Å². The highest BCUT2D eigenvalue weighted by atomic mass is 16.5. The van der Waals surface area contributed by atoms with Gasteiger partial charge in [-0.2, -0.15) is 0 Å². The van der Waals surface area contributed by atoms with Gasteiger partial charge in [-0.05, 0) is 25.2 Å². The number of fused-ring (bicyclic) bond motifs is 1. The summed E-state index contributed by atoms with van der Waals surface area (Å²) in [5.74, 6) is 0.806. The summed E-state index contributed by atoms with van der Waals surface area (Å²) in [5, 5.41) is 0. The molecule has 0 aromatic heterocycles. The van der Waals surface area contributed by atoms with Gasteiger partial charge < -0.3 is 10.5 Å². The second-order valence-corrected chi connectivity index (χ2v) is 3.13. The van der Waals surface area contributed by atoms with Gasteiger partial charge in [0.15, 0.2) is 0 Å². The molecule has 9 heavy (non-hydrogen) atoms. The van der Waals surface area contributed by atoms with E-state index in [2.05, 4.69) is 0 Å². The molecule has 0 radical (unpaired) electrons. The van der Waals surface area contributed by atoms with E-state index < -0.39 is 0 Å². The van der Waals surface area contributed by atoms with E-state index in [9.17, 15) is 0 Å². The number of hydrogen-bond acceptors (Lipinski definition) is 2. The quantitative estimate of drug-likeness (QED) is 0.514. The van der Waals surface area contributed by atoms with Crippen molar-refractivity contribution in [3.8, 4) is 0 Å². The molecule has 3 unspecified atom stereocenters. The zero-order valence-corrected chi connectivity index (χ0v) is 5.55. The molecular formula is C7H13NO. The van der Waals surface area contributed by atoms with Gasteiger partial charge >= 0.3 is 0 Å². The minimum atomic E-state index is 0.345. The van der Waals surface area contributed by atoms with E-state index in [0.717, 1.165) is 12.5 Å². The molecule has 3 atom stereocenters. The van der Waals surface area contributed by atoms with Crippen LogP contribution in [0.1, 0.15) is 19.3 Å². The van der Waals surface area contributed by atoms with E-state index in [-0.39, 0.29) is 0 Å². The molecule has 52 valence electrons. The summed E-state index contributed by atoms with van der Waals surface area (Å²) in [4.78, 5) is 0. The summed E-state index contributed by atoms with van der Waals surface area (Å²) in [6.45, 7) is 0.947. The molecule has 2 N–H and O–H groups in total. The first kappa shape index (κ1) is 5.69. The number of hydrogen-bond donors (Lipinski definition) is 1. The van der Waals surface area contributed by atoms with E-state index in [1.807, 2.05) is 0 Å². The van der Waals surface area contributed by atoms with Crippen LogP contribution >= 0.6 is 0 Å². The van der Waals surface area contributed by atoms with Gasteiger partial charge in [0, 0.05) is 12.6 Å². The van der Waals surface area contributed by atoms with Gasteiger partial charge in [0.05, 0.1) is 6.10 Å². The first-order chi connectivity index (χ1) is 4.38. The Labute approximate surface area is 55.4 Å². The van der Waals surface area contributed by atoms with Crippen LogP contribution in [0.25, 0.3) is 0 Å². The highest BCUT2D eigenvalue weighted by Gasteiger charge is 2.38. The van der Waals surface area contributed by atoms with E-state index >= 15 is 0 Å². The van der Waals surface area contributed by atoms with Crippen LogP contribution in [0.3, 0.4) is 0 Å². The lowest BCUT2D eigenvalue weighted by Crippen LogP contribution is -2.31. The molecule has 2 rings (SSSR count). The summed E-state index contributed by atoms with van der Waals surface area (Å²) in [6, 6.07) is 0.345. The molecule has 0 aromatic rings. The van der Waals surface area contributed by atoms with Crippen molar-refractivity contribution in [1.29, 1.82) is 0 Å². The molecule has 1 saturated carbocycles. The van der Waals surface area contributed by atoms with Crippen LogP contribution in [0.2, 0.25) is 0 Å². The normalized spacial score (nSPS) is 49.7. The molecule has 1 heterocycles. The number of rotatable bonds is 0. The predicted octanol–water partition coefficient (Wildman–Crippen LogP) is 0.513. The third-order valence-electron chi connectivity index (χ3n) is 2.56. The standard InChI is InChI=1S/C7H13NO/c8-6-2-1-5-3-4-9-7(5)6/h5-7H,1-4,8H2. The SMILES string of the molecule is NC1CCC2CCOC12. The van der Waals surface area contributed by atoms with Crippen LogP contribution in [-0.4, -0.2) is 18.8 Å². The van der Waals surface area contributed by atoms with Gasteiger partial charge in [0.1, 0.15) is 0 Å². The van der Waals surface area contributed by atoms with E-state index in [1.165, 1.54) is 19.3 Å². The zero-order chi connectivity index (χ0) is 6.27. The fourth-order valence-electron chi connectivity index (χ4n) is 2.01. The number of ether oxygens (including phenoxy) is 1. The average Bonchev–Trinajstić information content (AvgIpc) is 2.35. The Morgan fingerprint density at radius 2 is 2.11 bits per heavy atom. The predicted molar refractivity (Wildman–Crippen MR) is 35.1 cm³/mol. The molecule has 2 aliphatic rings. The van der Waals surface area contributed by atoms with Crippen molar-refractivity contribution in [2.45, 2.75) is 31.4 Å². The highest BCUT2D eigenvalue weighted by molar-refractivity contribution is 4.91. The Morgan fingerprint density at radius 1 is 1.22 bits per heavy atom. The Hall–Kier alpha value is -0.0800. The minimum absolute atomic E-state index is 0.345. The molecule has 0 bridgehead atoms. The van der Waals surface area contributed by atoms with Crippen LogP contribution in [0.4, 0.5) is 0 Å². The lowest BCUT2D eigenvalue weighted by molar-refractivity contribution is 0.0900. The van der Waals surface area contributed by atoms with Crippen molar-refractivity contribution >= 4 is 0 Å². The molecule has 0 aromatic carbocycles. The monoisotopic (exact) mass is 127 g/mol. The molecule has 2 heteroatoms. The first-order valence-corrected chi connectivity index (χ1v) is 3.75. The lowest BCUT2D eigenvalue weighted by Gasteiger charge is -2.11. The largest absolute Gasteiger partial charge is 0.376 e. The summed E-state index contributed by atoms with van der Waals surface area (Å²) >= 11 is 0. The maximum atomic E-state index is 5.79. The van der Waals surface area contributed by atoms with Gasteiger partial charge in [-0.3, -0.25) is 0 Å². The number of nitrogens with two attached hydrogens (primary N) is 1. The van der Waals surface area contributed by atoms with E-state index in [0.29, 0.717) is 12.1 Å². The first-order valence-electron chi connectivity index (χ1n) is 3.75. The van der Waals surface area contributed by atoms with Crippen LogP contribution in [-0.2, 0) is 4.74 Å². The van der Waals surface area contributed by atoms with E-state index in [4.69, 9.17) is 10.5 Å². The minimum Gasteiger partial charge on any atom is -0.376 e. The molecule has 1 aliphatic heterocycles. The van der Waals surface area contributed by atoms with Crippen LogP contribution in [0.5, 0.6) is 0 Å². The van der Waals surface area contributed by atoms with Crippen molar-refractivity contribution in [3.05, 3.63) is 0 Å². The van der Waals surface area contributed by atoms with Gasteiger partial charge in [-0.15, -0.1) is 0 Å². The summed E-state index contributed by atoms with van der Waals surface area (Å²) in [5.41, 5.74) is 5.79. The van der Waals surface area contributed by atoms with Gasteiger partial charge in [0.25, 0.3) is 0 Å². The Balaban J connectivity index is 2.07. The topological polar surface area (TPSA) is 35.2 Å². The maximum absolute atomic E-state index is 5.79. The third-order valence-corrected chi connectivity index (χ3v) is 2.56. The van der Waals surface area contributed by atoms with Crippen LogP contribution in [0.15, 0.2) is 0 Å². The summed E-state index contributed by atoms with van der Waals surface area (Å²) in [7, 11) is 0. The smallest absolute Gasteiger partial charge is 0.0754 e. The maximum Gasteiger partial charge on any atom is 0.0754 e. The second-order valence-electron chi connectivity index (χ2n) is 3.13.